The Kier molecular flexibility index (Phi) is 10.6. The first-order valence-corrected chi connectivity index (χ1v) is 8.96. The van der Waals surface area contributed by atoms with Gasteiger partial charge in [0.25, 0.3) is 0 Å². The van der Waals surface area contributed by atoms with Gasteiger partial charge in [0, 0.05) is 0 Å². The molecular formula is C17H32N4O6. The second-order valence-corrected chi connectivity index (χ2v) is 6.98. The summed E-state index contributed by atoms with van der Waals surface area (Å²) >= 11 is 0. The van der Waals surface area contributed by atoms with Crippen LogP contribution in [0.5, 0.6) is 0 Å². The van der Waals surface area contributed by atoms with Crippen molar-refractivity contribution in [3.8, 4) is 0 Å². The Morgan fingerprint density at radius 3 is 1.85 bits per heavy atom. The fraction of sp³-hybridized carbons (Fsp3) is 0.765. The minimum Gasteiger partial charge on any atom is -0.480 e. The van der Waals surface area contributed by atoms with Crippen molar-refractivity contribution in [1.82, 2.24) is 16.0 Å². The molecule has 0 aromatic rings. The zero-order valence-electron chi connectivity index (χ0n) is 16.5. The summed E-state index contributed by atoms with van der Waals surface area (Å²) < 4.78 is 0. The molecule has 10 heteroatoms. The molecule has 0 aliphatic carbocycles. The van der Waals surface area contributed by atoms with Crippen LogP contribution in [-0.4, -0.2) is 64.7 Å². The van der Waals surface area contributed by atoms with Gasteiger partial charge in [-0.15, -0.1) is 0 Å². The molecule has 7 N–H and O–H groups in total. The molecule has 0 heterocycles. The summed E-state index contributed by atoms with van der Waals surface area (Å²) in [6, 6.07) is -3.12. The predicted molar refractivity (Wildman–Crippen MR) is 98.5 cm³/mol. The molecule has 27 heavy (non-hydrogen) atoms. The molecule has 0 spiro atoms. The third kappa shape index (κ3) is 8.35. The topological polar surface area (TPSA) is 171 Å². The van der Waals surface area contributed by atoms with Crippen molar-refractivity contribution in [2.75, 3.05) is 6.54 Å². The number of carbonyl (C=O) groups is 4. The van der Waals surface area contributed by atoms with E-state index in [4.69, 9.17) is 10.8 Å². The van der Waals surface area contributed by atoms with Crippen molar-refractivity contribution in [3.63, 3.8) is 0 Å². The zero-order valence-corrected chi connectivity index (χ0v) is 16.5. The van der Waals surface area contributed by atoms with Crippen molar-refractivity contribution >= 4 is 23.7 Å². The number of aliphatic carboxylic acids is 1. The predicted octanol–water partition coefficient (Wildman–Crippen LogP) is -1.43. The number of rotatable bonds is 11. The van der Waals surface area contributed by atoms with Crippen LogP contribution in [0.15, 0.2) is 0 Å². The van der Waals surface area contributed by atoms with Gasteiger partial charge < -0.3 is 31.9 Å². The van der Waals surface area contributed by atoms with E-state index in [0.29, 0.717) is 6.42 Å². The molecule has 0 aromatic heterocycles. The van der Waals surface area contributed by atoms with Crippen molar-refractivity contribution in [1.29, 1.82) is 0 Å². The van der Waals surface area contributed by atoms with Gasteiger partial charge in [0.2, 0.25) is 17.7 Å². The average molecular weight is 388 g/mol. The van der Waals surface area contributed by atoms with E-state index in [2.05, 4.69) is 16.0 Å². The number of aliphatic hydroxyl groups is 1. The Morgan fingerprint density at radius 1 is 0.926 bits per heavy atom. The summed E-state index contributed by atoms with van der Waals surface area (Å²) in [7, 11) is 0. The van der Waals surface area contributed by atoms with E-state index in [1.54, 1.807) is 20.8 Å². The minimum atomic E-state index is -1.20. The highest BCUT2D eigenvalue weighted by Gasteiger charge is 2.32. The minimum absolute atomic E-state index is 0.258. The molecule has 0 saturated carbocycles. The Hall–Kier alpha value is -2.20. The van der Waals surface area contributed by atoms with Crippen LogP contribution in [0, 0.1) is 11.8 Å². The standard InChI is InChI=1S/C17H32N4O6/c1-6-9(4)14(16(26)19-7-11(23)24)21-17(27)13(8(2)3)20-15(25)12(18)10(5)22/h8-10,12-14,22H,6-7,18H2,1-5H3,(H,19,26)(H,20,25)(H,21,27)(H,23,24). The molecule has 0 saturated heterocycles. The highest BCUT2D eigenvalue weighted by molar-refractivity contribution is 5.94. The lowest BCUT2D eigenvalue weighted by molar-refractivity contribution is -0.139. The van der Waals surface area contributed by atoms with Crippen LogP contribution in [0.4, 0.5) is 0 Å². The highest BCUT2D eigenvalue weighted by Crippen LogP contribution is 2.10. The molecule has 5 atom stereocenters. The largest absolute Gasteiger partial charge is 0.480 e. The number of carboxylic acid groups (broad SMARTS) is 1. The van der Waals surface area contributed by atoms with E-state index in [1.807, 2.05) is 6.92 Å². The quantitative estimate of drug-likeness (QED) is 0.252. The number of nitrogens with two attached hydrogens (primary N) is 1. The van der Waals surface area contributed by atoms with Crippen LogP contribution in [-0.2, 0) is 19.2 Å². The number of carboxylic acids is 1. The van der Waals surface area contributed by atoms with Crippen LogP contribution in [0.2, 0.25) is 0 Å². The molecule has 0 bridgehead atoms. The number of amides is 3. The SMILES string of the molecule is CCC(C)C(NC(=O)C(NC(=O)C(N)C(C)O)C(C)C)C(=O)NCC(=O)O. The molecule has 0 aromatic carbocycles. The lowest BCUT2D eigenvalue weighted by Gasteiger charge is -2.28. The van der Waals surface area contributed by atoms with Crippen molar-refractivity contribution in [3.05, 3.63) is 0 Å². The third-order valence-electron chi connectivity index (χ3n) is 4.28. The van der Waals surface area contributed by atoms with Crippen LogP contribution >= 0.6 is 0 Å². The zero-order chi connectivity index (χ0) is 21.3. The number of aliphatic hydroxyl groups excluding tert-OH is 1. The molecule has 0 aliphatic heterocycles. The molecule has 0 radical (unpaired) electrons. The summed E-state index contributed by atoms with van der Waals surface area (Å²) in [5.74, 6) is -3.66. The van der Waals surface area contributed by atoms with Gasteiger partial charge in [-0.25, -0.2) is 0 Å². The second kappa shape index (κ2) is 11.5. The van der Waals surface area contributed by atoms with Gasteiger partial charge in [-0.3, -0.25) is 19.2 Å². The normalized spacial score (nSPS) is 16.6. The van der Waals surface area contributed by atoms with Crippen LogP contribution < -0.4 is 21.7 Å². The lowest BCUT2D eigenvalue weighted by atomic mass is 9.96. The maximum atomic E-state index is 12.7. The first kappa shape index (κ1) is 24.8. The fourth-order valence-corrected chi connectivity index (χ4v) is 2.22. The molecule has 10 nitrogen and oxygen atoms in total. The van der Waals surface area contributed by atoms with Gasteiger partial charge in [-0.2, -0.15) is 0 Å². The Labute approximate surface area is 159 Å². The van der Waals surface area contributed by atoms with E-state index in [1.165, 1.54) is 6.92 Å². The number of carbonyl (C=O) groups excluding carboxylic acids is 3. The molecular weight excluding hydrogens is 356 g/mol. The van der Waals surface area contributed by atoms with Crippen LogP contribution in [0.1, 0.15) is 41.0 Å². The van der Waals surface area contributed by atoms with Crippen molar-refractivity contribution < 1.29 is 29.4 Å². The van der Waals surface area contributed by atoms with Gasteiger partial charge in [-0.1, -0.05) is 34.1 Å². The smallest absolute Gasteiger partial charge is 0.322 e. The Balaban J connectivity index is 5.24. The van der Waals surface area contributed by atoms with E-state index in [0.717, 1.165) is 0 Å². The summed E-state index contributed by atoms with van der Waals surface area (Å²) in [6.45, 7) is 7.80. The third-order valence-corrected chi connectivity index (χ3v) is 4.28. The summed E-state index contributed by atoms with van der Waals surface area (Å²) in [5, 5.41) is 25.4. The maximum absolute atomic E-state index is 12.7. The van der Waals surface area contributed by atoms with E-state index in [-0.39, 0.29) is 11.8 Å². The van der Waals surface area contributed by atoms with E-state index in [9.17, 15) is 24.3 Å². The van der Waals surface area contributed by atoms with Gasteiger partial charge in [0.1, 0.15) is 24.7 Å². The van der Waals surface area contributed by atoms with Crippen molar-refractivity contribution in [2.24, 2.45) is 17.6 Å². The first-order chi connectivity index (χ1) is 12.4. The number of hydrogen-bond acceptors (Lipinski definition) is 6. The molecule has 0 fully saturated rings. The number of hydrogen-bond donors (Lipinski definition) is 6. The Morgan fingerprint density at radius 2 is 1.44 bits per heavy atom. The Bertz CT molecular complexity index is 538. The summed E-state index contributed by atoms with van der Waals surface area (Å²) in [4.78, 5) is 47.6. The van der Waals surface area contributed by atoms with E-state index >= 15 is 0 Å². The lowest BCUT2D eigenvalue weighted by Crippen LogP contribution is -2.59. The summed E-state index contributed by atoms with van der Waals surface area (Å²) in [6.07, 6.45) is -0.521. The van der Waals surface area contributed by atoms with Crippen LogP contribution in [0.25, 0.3) is 0 Å². The molecule has 3 amide bonds. The van der Waals surface area contributed by atoms with Gasteiger partial charge in [0.05, 0.1) is 6.10 Å². The monoisotopic (exact) mass is 388 g/mol. The maximum Gasteiger partial charge on any atom is 0.322 e. The van der Waals surface area contributed by atoms with Crippen molar-refractivity contribution in [2.45, 2.75) is 65.3 Å². The first-order valence-electron chi connectivity index (χ1n) is 8.96. The van der Waals surface area contributed by atoms with Crippen LogP contribution in [0.3, 0.4) is 0 Å². The van der Waals surface area contributed by atoms with Gasteiger partial charge >= 0.3 is 5.97 Å². The average Bonchev–Trinajstić information content (AvgIpc) is 2.59. The number of nitrogens with one attached hydrogen (secondary N) is 3. The fourth-order valence-electron chi connectivity index (χ4n) is 2.22. The molecule has 0 rings (SSSR count). The van der Waals surface area contributed by atoms with E-state index < -0.39 is 54.5 Å². The summed E-state index contributed by atoms with van der Waals surface area (Å²) in [5.41, 5.74) is 5.58. The van der Waals surface area contributed by atoms with Gasteiger partial charge in [-0.05, 0) is 18.8 Å². The molecule has 0 aliphatic rings. The van der Waals surface area contributed by atoms with Gasteiger partial charge in [0.15, 0.2) is 0 Å². The second-order valence-electron chi connectivity index (χ2n) is 6.98. The molecule has 5 unspecified atom stereocenters. The highest BCUT2D eigenvalue weighted by atomic mass is 16.4. The molecule has 156 valence electrons.